The van der Waals surface area contributed by atoms with Gasteiger partial charge in [0.25, 0.3) is 0 Å². The highest BCUT2D eigenvalue weighted by Crippen LogP contribution is 2.26. The van der Waals surface area contributed by atoms with Gasteiger partial charge in [-0.05, 0) is 22.0 Å². The molecule has 0 aliphatic carbocycles. The van der Waals surface area contributed by atoms with Crippen LogP contribution in [0.25, 0.3) is 0 Å². The van der Waals surface area contributed by atoms with Crippen LogP contribution in [0.3, 0.4) is 0 Å². The van der Waals surface area contributed by atoms with Crippen LogP contribution < -0.4 is 4.74 Å². The molecule has 0 saturated heterocycles. The van der Waals surface area contributed by atoms with Crippen molar-refractivity contribution in [3.8, 4) is 5.88 Å². The fourth-order valence-electron chi connectivity index (χ4n) is 1.42. The van der Waals surface area contributed by atoms with E-state index in [0.717, 1.165) is 4.47 Å². The molecule has 0 amide bonds. The van der Waals surface area contributed by atoms with Crippen LogP contribution >= 0.6 is 15.9 Å². The zero-order valence-corrected chi connectivity index (χ0v) is 10.6. The first-order chi connectivity index (χ1) is 8.22. The SMILES string of the molecule is COc1nccnc1C(O)c1cncc(Br)c1. The van der Waals surface area contributed by atoms with Crippen molar-refractivity contribution in [3.05, 3.63) is 46.6 Å². The van der Waals surface area contributed by atoms with E-state index in [1.807, 2.05) is 0 Å². The van der Waals surface area contributed by atoms with E-state index in [4.69, 9.17) is 4.74 Å². The summed E-state index contributed by atoms with van der Waals surface area (Å²) in [7, 11) is 1.49. The summed E-state index contributed by atoms with van der Waals surface area (Å²) in [6, 6.07) is 1.77. The molecule has 2 rings (SSSR count). The van der Waals surface area contributed by atoms with Crippen molar-refractivity contribution in [2.24, 2.45) is 0 Å². The molecule has 0 fully saturated rings. The lowest BCUT2D eigenvalue weighted by atomic mass is 10.1. The molecule has 0 aromatic carbocycles. The van der Waals surface area contributed by atoms with Gasteiger partial charge in [-0.3, -0.25) is 9.97 Å². The first kappa shape index (κ1) is 11.9. The Labute approximate surface area is 107 Å². The van der Waals surface area contributed by atoms with Crippen LogP contribution in [0.1, 0.15) is 17.4 Å². The molecule has 5 nitrogen and oxygen atoms in total. The summed E-state index contributed by atoms with van der Waals surface area (Å²) < 4.78 is 5.84. The molecule has 6 heteroatoms. The molecule has 2 aromatic rings. The van der Waals surface area contributed by atoms with E-state index in [2.05, 4.69) is 30.9 Å². The first-order valence-electron chi connectivity index (χ1n) is 4.85. The quantitative estimate of drug-likeness (QED) is 0.934. The fourth-order valence-corrected chi connectivity index (χ4v) is 1.80. The van der Waals surface area contributed by atoms with Gasteiger partial charge in [0.2, 0.25) is 5.88 Å². The van der Waals surface area contributed by atoms with Crippen LogP contribution in [0.15, 0.2) is 35.3 Å². The van der Waals surface area contributed by atoms with Gasteiger partial charge in [-0.2, -0.15) is 0 Å². The zero-order valence-electron chi connectivity index (χ0n) is 9.04. The Morgan fingerprint density at radius 3 is 2.76 bits per heavy atom. The number of methoxy groups -OCH3 is 1. The molecule has 0 aliphatic heterocycles. The Morgan fingerprint density at radius 2 is 2.06 bits per heavy atom. The molecule has 0 saturated carbocycles. The molecule has 2 aromatic heterocycles. The topological polar surface area (TPSA) is 68.1 Å². The highest BCUT2D eigenvalue weighted by atomic mass is 79.9. The van der Waals surface area contributed by atoms with Crippen molar-refractivity contribution in [1.82, 2.24) is 15.0 Å². The van der Waals surface area contributed by atoms with Gasteiger partial charge in [-0.1, -0.05) is 0 Å². The van der Waals surface area contributed by atoms with E-state index in [1.165, 1.54) is 19.5 Å². The molecule has 0 spiro atoms. The van der Waals surface area contributed by atoms with E-state index in [9.17, 15) is 5.11 Å². The summed E-state index contributed by atoms with van der Waals surface area (Å²) >= 11 is 3.30. The number of hydrogen-bond donors (Lipinski definition) is 1. The van der Waals surface area contributed by atoms with Gasteiger partial charge >= 0.3 is 0 Å². The Balaban J connectivity index is 2.40. The predicted octanol–water partition coefficient (Wildman–Crippen LogP) is 1.72. The van der Waals surface area contributed by atoms with Gasteiger partial charge in [0, 0.05) is 34.8 Å². The van der Waals surface area contributed by atoms with Gasteiger partial charge in [0.05, 0.1) is 7.11 Å². The monoisotopic (exact) mass is 295 g/mol. The van der Waals surface area contributed by atoms with Crippen LogP contribution in [0, 0.1) is 0 Å². The molecule has 1 N–H and O–H groups in total. The molecule has 2 heterocycles. The summed E-state index contributed by atoms with van der Waals surface area (Å²) in [6.45, 7) is 0. The molecule has 88 valence electrons. The predicted molar refractivity (Wildman–Crippen MR) is 64.6 cm³/mol. The third-order valence-electron chi connectivity index (χ3n) is 2.19. The second-order valence-corrected chi connectivity index (χ2v) is 4.21. The van der Waals surface area contributed by atoms with Crippen molar-refractivity contribution >= 4 is 15.9 Å². The molecule has 0 radical (unpaired) electrons. The van der Waals surface area contributed by atoms with Crippen molar-refractivity contribution in [2.75, 3.05) is 7.11 Å². The maximum absolute atomic E-state index is 10.2. The van der Waals surface area contributed by atoms with Crippen LogP contribution in [-0.2, 0) is 0 Å². The Bertz CT molecular complexity index is 522. The molecule has 17 heavy (non-hydrogen) atoms. The molecule has 1 unspecified atom stereocenters. The molecule has 0 aliphatic rings. The second kappa shape index (κ2) is 5.20. The lowest BCUT2D eigenvalue weighted by Crippen LogP contribution is -2.06. The van der Waals surface area contributed by atoms with Crippen molar-refractivity contribution in [3.63, 3.8) is 0 Å². The van der Waals surface area contributed by atoms with Crippen molar-refractivity contribution in [1.29, 1.82) is 0 Å². The van der Waals surface area contributed by atoms with E-state index in [1.54, 1.807) is 18.5 Å². The minimum absolute atomic E-state index is 0.306. The molecular formula is C11H10BrN3O2. The summed E-state index contributed by atoms with van der Waals surface area (Å²) in [5.41, 5.74) is 0.994. The molecule has 0 bridgehead atoms. The number of aromatic nitrogens is 3. The van der Waals surface area contributed by atoms with Gasteiger partial charge in [0.1, 0.15) is 11.8 Å². The van der Waals surface area contributed by atoms with Crippen molar-refractivity contribution in [2.45, 2.75) is 6.10 Å². The number of rotatable bonds is 3. The number of hydrogen-bond acceptors (Lipinski definition) is 5. The minimum atomic E-state index is -0.913. The zero-order chi connectivity index (χ0) is 12.3. The van der Waals surface area contributed by atoms with E-state index < -0.39 is 6.10 Å². The molecule has 1 atom stereocenters. The standard InChI is InChI=1S/C11H10BrN3O2/c1-17-11-9(14-2-3-15-11)10(16)7-4-8(12)6-13-5-7/h2-6,10,16H,1H3. The number of aliphatic hydroxyl groups excluding tert-OH is 1. The number of ether oxygens (including phenoxy) is 1. The van der Waals surface area contributed by atoms with Gasteiger partial charge < -0.3 is 9.84 Å². The van der Waals surface area contributed by atoms with Gasteiger partial charge in [-0.25, -0.2) is 4.98 Å². The number of pyridine rings is 1. The highest BCUT2D eigenvalue weighted by Gasteiger charge is 2.18. The Kier molecular flexibility index (Phi) is 3.65. The number of nitrogens with zero attached hydrogens (tertiary/aromatic N) is 3. The Morgan fingerprint density at radius 1 is 1.29 bits per heavy atom. The van der Waals surface area contributed by atoms with Crippen LogP contribution in [-0.4, -0.2) is 27.2 Å². The van der Waals surface area contributed by atoms with Crippen LogP contribution in [0.5, 0.6) is 5.88 Å². The summed E-state index contributed by atoms with van der Waals surface area (Å²) in [6.07, 6.45) is 5.32. The Hall–Kier alpha value is -1.53. The van der Waals surface area contributed by atoms with Crippen LogP contribution in [0.4, 0.5) is 0 Å². The summed E-state index contributed by atoms with van der Waals surface area (Å²) in [5, 5.41) is 10.2. The fraction of sp³-hybridized carbons (Fsp3) is 0.182. The first-order valence-corrected chi connectivity index (χ1v) is 5.65. The average Bonchev–Trinajstić information content (AvgIpc) is 2.38. The lowest BCUT2D eigenvalue weighted by Gasteiger charge is -2.12. The number of aliphatic hydroxyl groups is 1. The van der Waals surface area contributed by atoms with Gasteiger partial charge in [-0.15, -0.1) is 0 Å². The average molecular weight is 296 g/mol. The van der Waals surface area contributed by atoms with Gasteiger partial charge in [0.15, 0.2) is 0 Å². The maximum atomic E-state index is 10.2. The van der Waals surface area contributed by atoms with Crippen molar-refractivity contribution < 1.29 is 9.84 Å². The van der Waals surface area contributed by atoms with Crippen LogP contribution in [0.2, 0.25) is 0 Å². The third-order valence-corrected chi connectivity index (χ3v) is 2.62. The summed E-state index contributed by atoms with van der Waals surface area (Å²) in [5.74, 6) is 0.306. The lowest BCUT2D eigenvalue weighted by molar-refractivity contribution is 0.207. The largest absolute Gasteiger partial charge is 0.480 e. The molecular weight excluding hydrogens is 286 g/mol. The van der Waals surface area contributed by atoms with E-state index in [0.29, 0.717) is 17.1 Å². The van der Waals surface area contributed by atoms with E-state index in [-0.39, 0.29) is 0 Å². The smallest absolute Gasteiger partial charge is 0.238 e. The summed E-state index contributed by atoms with van der Waals surface area (Å²) in [4.78, 5) is 12.1. The second-order valence-electron chi connectivity index (χ2n) is 3.29. The number of halogens is 1. The third kappa shape index (κ3) is 2.59. The highest BCUT2D eigenvalue weighted by molar-refractivity contribution is 9.10. The maximum Gasteiger partial charge on any atom is 0.238 e. The van der Waals surface area contributed by atoms with E-state index >= 15 is 0 Å². The normalized spacial score (nSPS) is 12.2. The minimum Gasteiger partial charge on any atom is -0.480 e.